The highest BCUT2D eigenvalue weighted by atomic mass is 127. The van der Waals surface area contributed by atoms with E-state index in [1.165, 1.54) is 9.13 Å². The average Bonchev–Trinajstić information content (AvgIpc) is 2.61. The summed E-state index contributed by atoms with van der Waals surface area (Å²) in [6, 6.07) is 16.8. The predicted octanol–water partition coefficient (Wildman–Crippen LogP) is 4.62. The van der Waals surface area contributed by atoms with Crippen molar-refractivity contribution in [3.05, 3.63) is 57.7 Å². The fourth-order valence-electron chi connectivity index (χ4n) is 2.53. The zero-order chi connectivity index (χ0) is 13.5. The largest absolute Gasteiger partial charge is 0.485 e. The van der Waals surface area contributed by atoms with Crippen LogP contribution >= 0.6 is 22.6 Å². The first-order valence-corrected chi connectivity index (χ1v) is 7.44. The molecular formula is C16H16INO. The van der Waals surface area contributed by atoms with Crippen molar-refractivity contribution in [1.29, 1.82) is 0 Å². The Kier molecular flexibility index (Phi) is 3.17. The first-order chi connectivity index (χ1) is 9.06. The Bertz CT molecular complexity index is 609. The van der Waals surface area contributed by atoms with Gasteiger partial charge in [-0.25, -0.2) is 0 Å². The third kappa shape index (κ3) is 2.43. The summed E-state index contributed by atoms with van der Waals surface area (Å²) in [6.07, 6.45) is 0. The van der Waals surface area contributed by atoms with Crippen LogP contribution < -0.4 is 10.1 Å². The van der Waals surface area contributed by atoms with Crippen LogP contribution in [0, 0.1) is 3.57 Å². The minimum Gasteiger partial charge on any atom is -0.485 e. The van der Waals surface area contributed by atoms with Crippen molar-refractivity contribution in [2.45, 2.75) is 25.5 Å². The lowest BCUT2D eigenvalue weighted by molar-refractivity contribution is 0.118. The van der Waals surface area contributed by atoms with E-state index in [-0.39, 0.29) is 11.6 Å². The monoisotopic (exact) mass is 365 g/mol. The first kappa shape index (κ1) is 12.8. The molecule has 3 heteroatoms. The van der Waals surface area contributed by atoms with Crippen LogP contribution in [0.2, 0.25) is 0 Å². The first-order valence-electron chi connectivity index (χ1n) is 6.36. The van der Waals surface area contributed by atoms with Gasteiger partial charge in [0.15, 0.2) is 0 Å². The number of anilines is 1. The molecule has 19 heavy (non-hydrogen) atoms. The lowest BCUT2D eigenvalue weighted by Crippen LogP contribution is -2.34. The van der Waals surface area contributed by atoms with E-state index in [0.717, 1.165) is 11.4 Å². The molecule has 98 valence electrons. The topological polar surface area (TPSA) is 21.3 Å². The Hall–Kier alpha value is -1.23. The normalized spacial score (nSPS) is 19.6. The van der Waals surface area contributed by atoms with Crippen molar-refractivity contribution in [1.82, 2.24) is 0 Å². The van der Waals surface area contributed by atoms with E-state index in [0.29, 0.717) is 0 Å². The van der Waals surface area contributed by atoms with Crippen LogP contribution in [0.3, 0.4) is 0 Å². The van der Waals surface area contributed by atoms with E-state index in [2.05, 4.69) is 78.2 Å². The molecule has 0 amide bonds. The molecule has 0 radical (unpaired) electrons. The van der Waals surface area contributed by atoms with Crippen molar-refractivity contribution in [2.24, 2.45) is 0 Å². The molecule has 3 rings (SSSR count). The number of para-hydroxylation sites is 1. The molecule has 1 unspecified atom stereocenters. The van der Waals surface area contributed by atoms with Crippen LogP contribution in [-0.4, -0.2) is 5.60 Å². The van der Waals surface area contributed by atoms with Crippen LogP contribution in [0.1, 0.15) is 25.5 Å². The second kappa shape index (κ2) is 4.71. The summed E-state index contributed by atoms with van der Waals surface area (Å²) in [7, 11) is 0. The molecule has 2 aromatic carbocycles. The standard InChI is InChI=1S/C16H16INO/c1-16(2)15(13-8-3-4-9-14(13)19-16)18-12-7-5-6-11(17)10-12/h3-10,15,18H,1-2H3. The molecule has 0 saturated heterocycles. The molecule has 2 aromatic rings. The minimum absolute atomic E-state index is 0.168. The highest BCUT2D eigenvalue weighted by Gasteiger charge is 2.40. The molecule has 0 aliphatic carbocycles. The van der Waals surface area contributed by atoms with E-state index in [9.17, 15) is 0 Å². The minimum atomic E-state index is -0.245. The second-order valence-electron chi connectivity index (χ2n) is 5.33. The van der Waals surface area contributed by atoms with Crippen molar-refractivity contribution < 1.29 is 4.74 Å². The predicted molar refractivity (Wildman–Crippen MR) is 86.7 cm³/mol. The Balaban J connectivity index is 1.95. The zero-order valence-corrected chi connectivity index (χ0v) is 13.1. The number of rotatable bonds is 2. The molecule has 0 aromatic heterocycles. The van der Waals surface area contributed by atoms with Gasteiger partial charge in [0.2, 0.25) is 0 Å². The number of fused-ring (bicyclic) bond motifs is 1. The maximum absolute atomic E-state index is 6.04. The van der Waals surface area contributed by atoms with Gasteiger partial charge in [-0.05, 0) is 60.7 Å². The van der Waals surface area contributed by atoms with Gasteiger partial charge in [0.1, 0.15) is 11.4 Å². The lowest BCUT2D eigenvalue weighted by atomic mass is 9.94. The summed E-state index contributed by atoms with van der Waals surface area (Å²) in [5.74, 6) is 0.982. The third-order valence-corrected chi connectivity index (χ3v) is 4.10. The molecule has 1 aliphatic rings. The number of halogens is 1. The SMILES string of the molecule is CC1(C)Oc2ccccc2C1Nc1cccc(I)c1. The van der Waals surface area contributed by atoms with Crippen molar-refractivity contribution in [3.8, 4) is 5.75 Å². The number of benzene rings is 2. The smallest absolute Gasteiger partial charge is 0.128 e. The quantitative estimate of drug-likeness (QED) is 0.785. The highest BCUT2D eigenvalue weighted by Crippen LogP contribution is 2.44. The summed E-state index contributed by atoms with van der Waals surface area (Å²) in [5, 5.41) is 3.60. The van der Waals surface area contributed by atoms with Gasteiger partial charge in [-0.3, -0.25) is 0 Å². The number of hydrogen-bond acceptors (Lipinski definition) is 2. The van der Waals surface area contributed by atoms with E-state index in [1.54, 1.807) is 0 Å². The second-order valence-corrected chi connectivity index (χ2v) is 6.58. The Labute approximate surface area is 127 Å². The van der Waals surface area contributed by atoms with Crippen LogP contribution in [0.4, 0.5) is 5.69 Å². The van der Waals surface area contributed by atoms with Crippen molar-refractivity contribution in [2.75, 3.05) is 5.32 Å². The molecule has 1 heterocycles. The van der Waals surface area contributed by atoms with Gasteiger partial charge in [-0.2, -0.15) is 0 Å². The number of nitrogens with one attached hydrogen (secondary N) is 1. The molecule has 0 saturated carbocycles. The fraction of sp³-hybridized carbons (Fsp3) is 0.250. The molecular weight excluding hydrogens is 349 g/mol. The molecule has 1 aliphatic heterocycles. The summed E-state index contributed by atoms with van der Waals surface area (Å²) in [5.41, 5.74) is 2.11. The third-order valence-electron chi connectivity index (χ3n) is 3.43. The molecule has 0 bridgehead atoms. The van der Waals surface area contributed by atoms with Gasteiger partial charge in [-0.1, -0.05) is 24.3 Å². The van der Waals surface area contributed by atoms with Crippen LogP contribution in [0.25, 0.3) is 0 Å². The summed E-state index contributed by atoms with van der Waals surface area (Å²) >= 11 is 2.33. The molecule has 0 spiro atoms. The molecule has 1 N–H and O–H groups in total. The zero-order valence-electron chi connectivity index (χ0n) is 11.0. The van der Waals surface area contributed by atoms with Gasteiger partial charge in [-0.15, -0.1) is 0 Å². The van der Waals surface area contributed by atoms with Crippen LogP contribution in [0.5, 0.6) is 5.75 Å². The van der Waals surface area contributed by atoms with E-state index in [4.69, 9.17) is 4.74 Å². The van der Waals surface area contributed by atoms with Gasteiger partial charge in [0.25, 0.3) is 0 Å². The maximum Gasteiger partial charge on any atom is 0.128 e. The highest BCUT2D eigenvalue weighted by molar-refractivity contribution is 14.1. The molecule has 1 atom stereocenters. The number of ether oxygens (including phenoxy) is 1. The average molecular weight is 365 g/mol. The fourth-order valence-corrected chi connectivity index (χ4v) is 3.07. The number of hydrogen-bond donors (Lipinski definition) is 1. The van der Waals surface area contributed by atoms with Gasteiger partial charge >= 0.3 is 0 Å². The summed E-state index contributed by atoms with van der Waals surface area (Å²) in [6.45, 7) is 4.25. The Morgan fingerprint density at radius 3 is 2.68 bits per heavy atom. The maximum atomic E-state index is 6.04. The van der Waals surface area contributed by atoms with Crippen molar-refractivity contribution >= 4 is 28.3 Å². The van der Waals surface area contributed by atoms with Crippen LogP contribution in [0.15, 0.2) is 48.5 Å². The van der Waals surface area contributed by atoms with Crippen molar-refractivity contribution in [3.63, 3.8) is 0 Å². The van der Waals surface area contributed by atoms with Gasteiger partial charge < -0.3 is 10.1 Å². The van der Waals surface area contributed by atoms with E-state index < -0.39 is 0 Å². The van der Waals surface area contributed by atoms with E-state index in [1.807, 2.05) is 12.1 Å². The van der Waals surface area contributed by atoms with E-state index >= 15 is 0 Å². The molecule has 0 fully saturated rings. The summed E-state index contributed by atoms with van der Waals surface area (Å²) in [4.78, 5) is 0. The van der Waals surface area contributed by atoms with Gasteiger partial charge in [0.05, 0.1) is 6.04 Å². The van der Waals surface area contributed by atoms with Crippen LogP contribution in [-0.2, 0) is 0 Å². The van der Waals surface area contributed by atoms with Gasteiger partial charge in [0, 0.05) is 14.8 Å². The molecule has 2 nitrogen and oxygen atoms in total. The Morgan fingerprint density at radius 2 is 1.89 bits per heavy atom. The summed E-state index contributed by atoms with van der Waals surface area (Å²) < 4.78 is 7.27. The Morgan fingerprint density at radius 1 is 1.11 bits per heavy atom. The lowest BCUT2D eigenvalue weighted by Gasteiger charge is -2.28.